The van der Waals surface area contributed by atoms with Crippen molar-refractivity contribution in [1.82, 2.24) is 14.6 Å². The highest BCUT2D eigenvalue weighted by Gasteiger charge is 2.49. The predicted octanol–water partition coefficient (Wildman–Crippen LogP) is 1.45. The lowest BCUT2D eigenvalue weighted by Crippen LogP contribution is -2.26. The molecular weight excluding hydrogens is 254 g/mol. The average molecular weight is 266 g/mol. The van der Waals surface area contributed by atoms with Gasteiger partial charge in [-0.05, 0) is 6.42 Å². The van der Waals surface area contributed by atoms with E-state index in [4.69, 9.17) is 11.6 Å². The van der Waals surface area contributed by atoms with E-state index in [9.17, 15) is 9.90 Å². The van der Waals surface area contributed by atoms with Gasteiger partial charge in [0.05, 0.1) is 5.69 Å². The van der Waals surface area contributed by atoms with Crippen LogP contribution in [0.1, 0.15) is 31.5 Å². The molecule has 1 atom stereocenters. The Morgan fingerprint density at radius 3 is 2.94 bits per heavy atom. The second-order valence-corrected chi connectivity index (χ2v) is 5.75. The maximum atomic E-state index is 11.2. The number of aldehydes is 1. The lowest BCUT2D eigenvalue weighted by atomic mass is 9.88. The van der Waals surface area contributed by atoms with E-state index >= 15 is 0 Å². The highest BCUT2D eigenvalue weighted by Crippen LogP contribution is 2.46. The molecule has 0 amide bonds. The first kappa shape index (κ1) is 11.6. The third-order valence-corrected chi connectivity index (χ3v) is 3.65. The van der Waals surface area contributed by atoms with Crippen molar-refractivity contribution in [3.8, 4) is 0 Å². The summed E-state index contributed by atoms with van der Waals surface area (Å²) in [5, 5.41) is 14.9. The molecule has 2 heterocycles. The number of aromatic nitrogens is 3. The Morgan fingerprint density at radius 1 is 1.56 bits per heavy atom. The third kappa shape index (κ3) is 1.34. The minimum atomic E-state index is -1.49. The zero-order valence-corrected chi connectivity index (χ0v) is 10.8. The number of rotatable bonds is 1. The fraction of sp³-hybridized carbons (Fsp3) is 0.417. The number of halogens is 1. The molecule has 0 saturated carbocycles. The SMILES string of the molecule is CC1(C)CC(O)(C=O)c2cnc3cc(Cl)nn3c21. The van der Waals surface area contributed by atoms with Crippen molar-refractivity contribution in [3.63, 3.8) is 0 Å². The Bertz CT molecular complexity index is 665. The molecule has 94 valence electrons. The van der Waals surface area contributed by atoms with Crippen LogP contribution in [-0.4, -0.2) is 26.0 Å². The van der Waals surface area contributed by atoms with E-state index < -0.39 is 5.60 Å². The Morgan fingerprint density at radius 2 is 2.28 bits per heavy atom. The fourth-order valence-corrected chi connectivity index (χ4v) is 3.00. The van der Waals surface area contributed by atoms with Crippen LogP contribution in [0.25, 0.3) is 5.65 Å². The van der Waals surface area contributed by atoms with Crippen molar-refractivity contribution in [2.24, 2.45) is 0 Å². The van der Waals surface area contributed by atoms with Gasteiger partial charge in [0.1, 0.15) is 5.60 Å². The van der Waals surface area contributed by atoms with Crippen LogP contribution in [0.2, 0.25) is 5.15 Å². The quantitative estimate of drug-likeness (QED) is 0.793. The zero-order valence-electron chi connectivity index (χ0n) is 10.0. The van der Waals surface area contributed by atoms with Crippen molar-refractivity contribution in [2.45, 2.75) is 31.3 Å². The fourth-order valence-electron chi connectivity index (χ4n) is 2.83. The second-order valence-electron chi connectivity index (χ2n) is 5.36. The van der Waals surface area contributed by atoms with Crippen molar-refractivity contribution in [3.05, 3.63) is 28.7 Å². The highest BCUT2D eigenvalue weighted by molar-refractivity contribution is 6.29. The van der Waals surface area contributed by atoms with Crippen molar-refractivity contribution >= 4 is 23.5 Å². The molecule has 6 heteroatoms. The molecule has 2 aromatic heterocycles. The number of carbonyl (C=O) groups excluding carboxylic acids is 1. The molecule has 1 aliphatic rings. The molecular formula is C12H12ClN3O2. The Labute approximate surface area is 108 Å². The monoisotopic (exact) mass is 265 g/mol. The van der Waals surface area contributed by atoms with Gasteiger partial charge in [-0.15, -0.1) is 0 Å². The maximum Gasteiger partial charge on any atom is 0.156 e. The summed E-state index contributed by atoms with van der Waals surface area (Å²) in [5.41, 5.74) is 0.0470. The van der Waals surface area contributed by atoms with E-state index in [0.29, 0.717) is 29.1 Å². The molecule has 0 aromatic carbocycles. The van der Waals surface area contributed by atoms with Gasteiger partial charge in [0.15, 0.2) is 17.1 Å². The number of hydrogen-bond acceptors (Lipinski definition) is 4. The summed E-state index contributed by atoms with van der Waals surface area (Å²) < 4.78 is 1.61. The van der Waals surface area contributed by atoms with Crippen LogP contribution in [0.5, 0.6) is 0 Å². The van der Waals surface area contributed by atoms with E-state index in [2.05, 4.69) is 10.1 Å². The van der Waals surface area contributed by atoms with Gasteiger partial charge >= 0.3 is 0 Å². The van der Waals surface area contributed by atoms with Gasteiger partial charge in [-0.1, -0.05) is 25.4 Å². The molecule has 0 radical (unpaired) electrons. The van der Waals surface area contributed by atoms with Gasteiger partial charge in [-0.3, -0.25) is 4.79 Å². The van der Waals surface area contributed by atoms with Gasteiger partial charge in [0.2, 0.25) is 0 Å². The van der Waals surface area contributed by atoms with Gasteiger partial charge in [0.25, 0.3) is 0 Å². The number of hydrogen-bond donors (Lipinski definition) is 1. The molecule has 0 fully saturated rings. The summed E-state index contributed by atoms with van der Waals surface area (Å²) in [7, 11) is 0. The predicted molar refractivity (Wildman–Crippen MR) is 65.6 cm³/mol. The van der Waals surface area contributed by atoms with Crippen LogP contribution < -0.4 is 0 Å². The first-order chi connectivity index (χ1) is 8.37. The Kier molecular flexibility index (Phi) is 2.13. The van der Waals surface area contributed by atoms with Crippen molar-refractivity contribution in [1.29, 1.82) is 0 Å². The standard InChI is InChI=1S/C12H12ClN3O2/c1-11(2)5-12(18,6-17)7-4-14-9-3-8(13)15-16(9)10(7)11/h3-4,6,18H,5H2,1-2H3. The summed E-state index contributed by atoms with van der Waals surface area (Å²) in [6.07, 6.45) is 2.42. The number of nitrogens with zero attached hydrogens (tertiary/aromatic N) is 3. The first-order valence-electron chi connectivity index (χ1n) is 5.61. The van der Waals surface area contributed by atoms with Gasteiger partial charge in [0, 0.05) is 23.2 Å². The topological polar surface area (TPSA) is 67.5 Å². The minimum absolute atomic E-state index is 0.317. The largest absolute Gasteiger partial charge is 0.377 e. The summed E-state index contributed by atoms with van der Waals surface area (Å²) >= 11 is 5.88. The minimum Gasteiger partial charge on any atom is -0.377 e. The molecule has 0 aliphatic heterocycles. The molecule has 0 saturated heterocycles. The highest BCUT2D eigenvalue weighted by atomic mass is 35.5. The Balaban J connectivity index is 2.43. The summed E-state index contributed by atoms with van der Waals surface area (Å²) in [5.74, 6) is 0. The Hall–Kier alpha value is -1.46. The summed E-state index contributed by atoms with van der Waals surface area (Å²) in [6.45, 7) is 3.92. The lowest BCUT2D eigenvalue weighted by molar-refractivity contribution is -0.125. The lowest BCUT2D eigenvalue weighted by Gasteiger charge is -2.20. The molecule has 18 heavy (non-hydrogen) atoms. The van der Waals surface area contributed by atoms with Crippen LogP contribution >= 0.6 is 11.6 Å². The van der Waals surface area contributed by atoms with Crippen molar-refractivity contribution < 1.29 is 9.90 Å². The number of fused-ring (bicyclic) bond motifs is 3. The molecule has 1 unspecified atom stereocenters. The molecule has 0 spiro atoms. The molecule has 5 nitrogen and oxygen atoms in total. The zero-order chi connectivity index (χ0) is 13.1. The smallest absolute Gasteiger partial charge is 0.156 e. The van der Waals surface area contributed by atoms with Crippen LogP contribution in [0, 0.1) is 0 Å². The third-order valence-electron chi connectivity index (χ3n) is 3.47. The molecule has 0 bridgehead atoms. The average Bonchev–Trinajstić information content (AvgIpc) is 2.74. The number of carbonyl (C=O) groups is 1. The second kappa shape index (κ2) is 3.30. The van der Waals surface area contributed by atoms with E-state index in [1.165, 1.54) is 6.20 Å². The van der Waals surface area contributed by atoms with Crippen molar-refractivity contribution in [2.75, 3.05) is 0 Å². The molecule has 1 aliphatic carbocycles. The van der Waals surface area contributed by atoms with Gasteiger partial charge in [-0.2, -0.15) is 5.10 Å². The molecule has 2 aromatic rings. The molecule has 1 N–H and O–H groups in total. The van der Waals surface area contributed by atoms with Crippen LogP contribution in [0.4, 0.5) is 0 Å². The van der Waals surface area contributed by atoms with Gasteiger partial charge < -0.3 is 5.11 Å². The maximum absolute atomic E-state index is 11.2. The summed E-state index contributed by atoms with van der Waals surface area (Å²) in [4.78, 5) is 15.4. The first-order valence-corrected chi connectivity index (χ1v) is 5.99. The van der Waals surface area contributed by atoms with Crippen LogP contribution in [0.15, 0.2) is 12.3 Å². The summed E-state index contributed by atoms with van der Waals surface area (Å²) in [6, 6.07) is 1.65. The van der Waals surface area contributed by atoms with Crippen LogP contribution in [-0.2, 0) is 15.8 Å². The van der Waals surface area contributed by atoms with E-state index in [0.717, 1.165) is 5.69 Å². The van der Waals surface area contributed by atoms with Gasteiger partial charge in [-0.25, -0.2) is 9.50 Å². The van der Waals surface area contributed by atoms with Crippen LogP contribution in [0.3, 0.4) is 0 Å². The van der Waals surface area contributed by atoms with E-state index in [1.807, 2.05) is 13.8 Å². The molecule has 3 rings (SSSR count). The normalized spacial score (nSPS) is 25.3. The number of aliphatic hydroxyl groups is 1. The van der Waals surface area contributed by atoms with E-state index in [-0.39, 0.29) is 5.41 Å². The van der Waals surface area contributed by atoms with E-state index in [1.54, 1.807) is 10.6 Å².